The molecule has 0 heteroatoms. The maximum atomic E-state index is 2.42. The van der Waals surface area contributed by atoms with E-state index in [1.807, 2.05) is 0 Å². The van der Waals surface area contributed by atoms with E-state index >= 15 is 0 Å². The summed E-state index contributed by atoms with van der Waals surface area (Å²) in [5, 5.41) is 0. The minimum atomic E-state index is 0.531. The van der Waals surface area contributed by atoms with Crippen molar-refractivity contribution < 1.29 is 0 Å². The minimum Gasteiger partial charge on any atom is -0.0587 e. The number of hydrogen-bond acceptors (Lipinski definition) is 0. The zero-order valence-electron chi connectivity index (χ0n) is 16.8. The maximum Gasteiger partial charge on any atom is -0.0146 e. The molecule has 0 heterocycles. The molecule has 130 valence electrons. The lowest BCUT2D eigenvalue weighted by Gasteiger charge is -2.21. The molecule has 0 aromatic heterocycles. The van der Waals surface area contributed by atoms with Crippen molar-refractivity contribution in [3.05, 3.63) is 58.7 Å². The highest BCUT2D eigenvalue weighted by atomic mass is 14.2. The van der Waals surface area contributed by atoms with Gasteiger partial charge in [-0.05, 0) is 57.1 Å². The Bertz CT molecular complexity index is 626. The lowest BCUT2D eigenvalue weighted by atomic mass is 9.83. The monoisotopic (exact) mass is 322 g/mol. The normalized spacial score (nSPS) is 12.0. The molecule has 0 aliphatic heterocycles. The summed E-state index contributed by atoms with van der Waals surface area (Å²) in [4.78, 5) is 0. The van der Waals surface area contributed by atoms with Crippen LogP contribution in [-0.4, -0.2) is 0 Å². The molecule has 0 bridgehead atoms. The van der Waals surface area contributed by atoms with Gasteiger partial charge in [-0.3, -0.25) is 0 Å². The highest BCUT2D eigenvalue weighted by molar-refractivity contribution is 5.73. The molecule has 0 saturated heterocycles. The summed E-state index contributed by atoms with van der Waals surface area (Å²) in [5.41, 5.74) is 8.64. The maximum absolute atomic E-state index is 2.42. The Morgan fingerprint density at radius 1 is 0.458 bits per heavy atom. The van der Waals surface area contributed by atoms with E-state index in [-0.39, 0.29) is 0 Å². The molecule has 0 radical (unpaired) electrons. The van der Waals surface area contributed by atoms with Gasteiger partial charge >= 0.3 is 0 Å². The van der Waals surface area contributed by atoms with E-state index in [9.17, 15) is 0 Å². The first-order valence-corrected chi connectivity index (χ1v) is 9.50. The molecule has 0 nitrogen and oxygen atoms in total. The molecular formula is C24H34. The molecule has 2 rings (SSSR count). The molecule has 2 aromatic carbocycles. The van der Waals surface area contributed by atoms with Crippen molar-refractivity contribution >= 4 is 0 Å². The van der Waals surface area contributed by atoms with Gasteiger partial charge in [-0.1, -0.05) is 91.8 Å². The second kappa shape index (κ2) is 7.55. The van der Waals surface area contributed by atoms with Crippen molar-refractivity contribution in [3.63, 3.8) is 0 Å². The van der Waals surface area contributed by atoms with Gasteiger partial charge in [0, 0.05) is 0 Å². The molecule has 2 aromatic rings. The van der Waals surface area contributed by atoms with E-state index in [1.165, 1.54) is 33.4 Å². The second-order valence-electron chi connectivity index (χ2n) is 8.31. The highest BCUT2D eigenvalue weighted by Crippen LogP contribution is 2.37. The quantitative estimate of drug-likeness (QED) is 0.525. The summed E-state index contributed by atoms with van der Waals surface area (Å²) in [6.45, 7) is 18.3. The molecule has 0 N–H and O–H groups in total. The van der Waals surface area contributed by atoms with Gasteiger partial charge in [0.05, 0.1) is 0 Å². The summed E-state index contributed by atoms with van der Waals surface area (Å²) in [5.74, 6) is 2.21. The average Bonchev–Trinajstić information content (AvgIpc) is 2.53. The van der Waals surface area contributed by atoms with Gasteiger partial charge in [0.15, 0.2) is 0 Å². The van der Waals surface area contributed by atoms with Gasteiger partial charge < -0.3 is 0 Å². The van der Waals surface area contributed by atoms with Crippen molar-refractivity contribution in [2.24, 2.45) is 0 Å². The standard InChI is InChI=1S/C24H34/c1-15(2)19-9-11-21(23(13-19)17(5)6)22-12-10-20(16(3)4)14-24(22)18(7)8/h9-18H,1-8H3. The zero-order valence-corrected chi connectivity index (χ0v) is 16.8. The van der Waals surface area contributed by atoms with Crippen LogP contribution in [0.25, 0.3) is 11.1 Å². The van der Waals surface area contributed by atoms with E-state index in [2.05, 4.69) is 91.8 Å². The smallest absolute Gasteiger partial charge is 0.0146 e. The van der Waals surface area contributed by atoms with Crippen molar-refractivity contribution in [3.8, 4) is 11.1 Å². The van der Waals surface area contributed by atoms with Gasteiger partial charge in [-0.15, -0.1) is 0 Å². The summed E-state index contributed by atoms with van der Waals surface area (Å²) < 4.78 is 0. The largest absolute Gasteiger partial charge is 0.0587 e. The Kier molecular flexibility index (Phi) is 5.91. The van der Waals surface area contributed by atoms with E-state index in [1.54, 1.807) is 0 Å². The highest BCUT2D eigenvalue weighted by Gasteiger charge is 2.16. The summed E-state index contributed by atoms with van der Waals surface area (Å²) >= 11 is 0. The first-order valence-electron chi connectivity index (χ1n) is 9.50. The molecule has 0 amide bonds. The van der Waals surface area contributed by atoms with Gasteiger partial charge in [0.25, 0.3) is 0 Å². The SMILES string of the molecule is CC(C)c1ccc(-c2ccc(C(C)C)cc2C(C)C)c(C(C)C)c1. The van der Waals surface area contributed by atoms with Gasteiger partial charge in [0.2, 0.25) is 0 Å². The summed E-state index contributed by atoms with van der Waals surface area (Å²) in [6, 6.07) is 14.2. The number of rotatable bonds is 5. The summed E-state index contributed by atoms with van der Waals surface area (Å²) in [7, 11) is 0. The van der Waals surface area contributed by atoms with Crippen LogP contribution in [0.4, 0.5) is 0 Å². The van der Waals surface area contributed by atoms with Crippen LogP contribution in [0.5, 0.6) is 0 Å². The van der Waals surface area contributed by atoms with Crippen LogP contribution in [0, 0.1) is 0 Å². The molecular weight excluding hydrogens is 288 g/mol. The van der Waals surface area contributed by atoms with Crippen molar-refractivity contribution in [2.75, 3.05) is 0 Å². The predicted octanol–water partition coefficient (Wildman–Crippen LogP) is 7.85. The third-order valence-electron chi connectivity index (χ3n) is 5.02. The van der Waals surface area contributed by atoms with E-state index in [4.69, 9.17) is 0 Å². The Hall–Kier alpha value is -1.56. The molecule has 0 aliphatic carbocycles. The van der Waals surface area contributed by atoms with Crippen molar-refractivity contribution in [1.29, 1.82) is 0 Å². The summed E-state index contributed by atoms with van der Waals surface area (Å²) in [6.07, 6.45) is 0. The topological polar surface area (TPSA) is 0 Å². The van der Waals surface area contributed by atoms with Crippen molar-refractivity contribution in [1.82, 2.24) is 0 Å². The van der Waals surface area contributed by atoms with E-state index in [0.29, 0.717) is 23.7 Å². The van der Waals surface area contributed by atoms with Crippen LogP contribution in [0.3, 0.4) is 0 Å². The zero-order chi connectivity index (χ0) is 18.0. The predicted molar refractivity (Wildman–Crippen MR) is 108 cm³/mol. The van der Waals surface area contributed by atoms with Crippen LogP contribution in [-0.2, 0) is 0 Å². The van der Waals surface area contributed by atoms with Crippen LogP contribution in [0.1, 0.15) is 101 Å². The lowest BCUT2D eigenvalue weighted by molar-refractivity contribution is 0.827. The Labute approximate surface area is 149 Å². The van der Waals surface area contributed by atoms with Gasteiger partial charge in [-0.2, -0.15) is 0 Å². The third-order valence-corrected chi connectivity index (χ3v) is 5.02. The molecule has 0 unspecified atom stereocenters. The van der Waals surface area contributed by atoms with E-state index < -0.39 is 0 Å². The Morgan fingerprint density at radius 3 is 1.04 bits per heavy atom. The van der Waals surface area contributed by atoms with Crippen LogP contribution in [0.2, 0.25) is 0 Å². The number of hydrogen-bond donors (Lipinski definition) is 0. The van der Waals surface area contributed by atoms with Crippen molar-refractivity contribution in [2.45, 2.75) is 79.1 Å². The van der Waals surface area contributed by atoms with Gasteiger partial charge in [-0.25, -0.2) is 0 Å². The van der Waals surface area contributed by atoms with Gasteiger partial charge in [0.1, 0.15) is 0 Å². The number of benzene rings is 2. The molecule has 0 aliphatic rings. The molecule has 24 heavy (non-hydrogen) atoms. The van der Waals surface area contributed by atoms with Crippen LogP contribution in [0.15, 0.2) is 36.4 Å². The first kappa shape index (κ1) is 18.8. The molecule has 0 saturated carbocycles. The van der Waals surface area contributed by atoms with Crippen LogP contribution < -0.4 is 0 Å². The average molecular weight is 323 g/mol. The van der Waals surface area contributed by atoms with E-state index in [0.717, 1.165) is 0 Å². The first-order chi connectivity index (χ1) is 11.2. The Morgan fingerprint density at radius 2 is 0.792 bits per heavy atom. The molecule has 0 atom stereocenters. The van der Waals surface area contributed by atoms with Crippen LogP contribution >= 0.6 is 0 Å². The third kappa shape index (κ3) is 3.91. The molecule has 0 spiro atoms. The lowest BCUT2D eigenvalue weighted by Crippen LogP contribution is -2.01. The molecule has 0 fully saturated rings. The fraction of sp³-hybridized carbons (Fsp3) is 0.500. The fourth-order valence-electron chi connectivity index (χ4n) is 3.33. The second-order valence-corrected chi connectivity index (χ2v) is 8.31. The minimum absolute atomic E-state index is 0.531. The fourth-order valence-corrected chi connectivity index (χ4v) is 3.33. The Balaban J connectivity index is 2.67.